The predicted molar refractivity (Wildman–Crippen MR) is 93.0 cm³/mol. The van der Waals surface area contributed by atoms with Crippen molar-refractivity contribution in [1.29, 1.82) is 0 Å². The maximum Gasteiger partial charge on any atom is 0.191 e. The van der Waals surface area contributed by atoms with Crippen LogP contribution in [-0.2, 0) is 9.84 Å². The topological polar surface area (TPSA) is 90.8 Å². The number of nitrogens with one attached hydrogen (secondary N) is 2. The summed E-state index contributed by atoms with van der Waals surface area (Å²) in [7, 11) is -2.91. The molecular formula is C15H33N3O3S. The number of rotatable bonds is 11. The van der Waals surface area contributed by atoms with E-state index in [0.29, 0.717) is 37.3 Å². The molecule has 0 saturated carbocycles. The van der Waals surface area contributed by atoms with E-state index in [4.69, 9.17) is 5.11 Å². The van der Waals surface area contributed by atoms with Crippen LogP contribution in [-0.4, -0.2) is 57.7 Å². The van der Waals surface area contributed by atoms with Crippen LogP contribution in [0.25, 0.3) is 0 Å². The molecule has 1 unspecified atom stereocenters. The largest absolute Gasteiger partial charge is 0.396 e. The van der Waals surface area contributed by atoms with Crippen LogP contribution in [0.2, 0.25) is 0 Å². The maximum absolute atomic E-state index is 11.1. The Bertz CT molecular complexity index is 408. The number of aliphatic hydroxyl groups is 1. The van der Waals surface area contributed by atoms with Crippen molar-refractivity contribution in [1.82, 2.24) is 10.6 Å². The number of nitrogens with zero attached hydrogens (tertiary/aromatic N) is 1. The van der Waals surface area contributed by atoms with E-state index >= 15 is 0 Å². The Kier molecular flexibility index (Phi) is 11.3. The second kappa shape index (κ2) is 11.7. The summed E-state index contributed by atoms with van der Waals surface area (Å²) in [4.78, 5) is 4.55. The van der Waals surface area contributed by atoms with Gasteiger partial charge in [-0.05, 0) is 38.0 Å². The molecular weight excluding hydrogens is 302 g/mol. The van der Waals surface area contributed by atoms with Crippen LogP contribution in [0.1, 0.15) is 40.0 Å². The fraction of sp³-hybridized carbons (Fsp3) is 0.933. The van der Waals surface area contributed by atoms with Crippen molar-refractivity contribution in [2.45, 2.75) is 40.0 Å². The number of hydrogen-bond donors (Lipinski definition) is 3. The normalized spacial score (nSPS) is 14.2. The first-order chi connectivity index (χ1) is 10.3. The molecule has 1 atom stereocenters. The molecule has 7 heteroatoms. The van der Waals surface area contributed by atoms with Crippen molar-refractivity contribution in [2.75, 3.05) is 38.2 Å². The van der Waals surface area contributed by atoms with Crippen LogP contribution >= 0.6 is 0 Å². The highest BCUT2D eigenvalue weighted by Crippen LogP contribution is 2.15. The first kappa shape index (κ1) is 21.2. The van der Waals surface area contributed by atoms with Crippen LogP contribution in [0, 0.1) is 11.8 Å². The lowest BCUT2D eigenvalue weighted by atomic mass is 9.94. The summed E-state index contributed by atoms with van der Waals surface area (Å²) in [6.07, 6.45) is 3.61. The van der Waals surface area contributed by atoms with E-state index in [1.807, 2.05) is 6.92 Å². The Morgan fingerprint density at radius 3 is 2.45 bits per heavy atom. The molecule has 132 valence electrons. The molecule has 22 heavy (non-hydrogen) atoms. The van der Waals surface area contributed by atoms with Crippen LogP contribution in [0.15, 0.2) is 4.99 Å². The minimum Gasteiger partial charge on any atom is -0.396 e. The van der Waals surface area contributed by atoms with Crippen LogP contribution in [0.4, 0.5) is 0 Å². The van der Waals surface area contributed by atoms with Gasteiger partial charge in [-0.2, -0.15) is 0 Å². The zero-order chi connectivity index (χ0) is 17.0. The van der Waals surface area contributed by atoms with Gasteiger partial charge in [-0.25, -0.2) is 8.42 Å². The van der Waals surface area contributed by atoms with Gasteiger partial charge in [-0.15, -0.1) is 0 Å². The first-order valence-electron chi connectivity index (χ1n) is 8.09. The van der Waals surface area contributed by atoms with Crippen molar-refractivity contribution in [2.24, 2.45) is 16.8 Å². The lowest BCUT2D eigenvalue weighted by molar-refractivity contribution is 0.245. The van der Waals surface area contributed by atoms with Gasteiger partial charge in [-0.1, -0.05) is 13.8 Å². The third kappa shape index (κ3) is 12.9. The number of hydrogen-bond acceptors (Lipinski definition) is 4. The average molecular weight is 336 g/mol. The monoisotopic (exact) mass is 335 g/mol. The zero-order valence-electron chi connectivity index (χ0n) is 14.4. The molecule has 0 radical (unpaired) electrons. The third-order valence-electron chi connectivity index (χ3n) is 3.18. The van der Waals surface area contributed by atoms with Crippen molar-refractivity contribution in [3.63, 3.8) is 0 Å². The standard InChI is InChI=1S/C15H33N3O3S/c1-5-16-15(17-8-6-10-22(4,20)21)18-12-14(7-9-19)11-13(2)3/h13-14,19H,5-12H2,1-4H3,(H2,16,17,18). The fourth-order valence-corrected chi connectivity index (χ4v) is 2.90. The summed E-state index contributed by atoms with van der Waals surface area (Å²) in [5, 5.41) is 15.4. The molecule has 0 spiro atoms. The predicted octanol–water partition coefficient (Wildman–Crippen LogP) is 1.02. The first-order valence-corrected chi connectivity index (χ1v) is 10.1. The summed E-state index contributed by atoms with van der Waals surface area (Å²) >= 11 is 0. The van der Waals surface area contributed by atoms with E-state index in [9.17, 15) is 8.42 Å². The SMILES string of the molecule is CCNC(=NCC(CCO)CC(C)C)NCCCS(C)(=O)=O. The summed E-state index contributed by atoms with van der Waals surface area (Å²) in [6.45, 7) is 8.52. The Morgan fingerprint density at radius 2 is 1.95 bits per heavy atom. The zero-order valence-corrected chi connectivity index (χ0v) is 15.2. The molecule has 0 rings (SSSR count). The molecule has 0 fully saturated rings. The Balaban J connectivity index is 4.37. The molecule has 0 heterocycles. The molecule has 0 aromatic carbocycles. The maximum atomic E-state index is 11.1. The van der Waals surface area contributed by atoms with Crippen molar-refractivity contribution < 1.29 is 13.5 Å². The van der Waals surface area contributed by atoms with E-state index in [-0.39, 0.29) is 12.4 Å². The van der Waals surface area contributed by atoms with E-state index in [2.05, 4.69) is 29.5 Å². The average Bonchev–Trinajstić information content (AvgIpc) is 2.39. The molecule has 0 aromatic rings. The van der Waals surface area contributed by atoms with Gasteiger partial charge >= 0.3 is 0 Å². The number of aliphatic imine (C=N–C) groups is 1. The molecule has 0 saturated heterocycles. The van der Waals surface area contributed by atoms with E-state index in [1.54, 1.807) is 0 Å². The van der Waals surface area contributed by atoms with Crippen molar-refractivity contribution >= 4 is 15.8 Å². The van der Waals surface area contributed by atoms with Crippen LogP contribution < -0.4 is 10.6 Å². The minimum absolute atomic E-state index is 0.180. The van der Waals surface area contributed by atoms with Gasteiger partial charge in [0.05, 0.1) is 5.75 Å². The number of aliphatic hydroxyl groups excluding tert-OH is 1. The minimum atomic E-state index is -2.91. The highest BCUT2D eigenvalue weighted by molar-refractivity contribution is 7.90. The summed E-state index contributed by atoms with van der Waals surface area (Å²) in [5.74, 6) is 1.84. The second-order valence-corrected chi connectivity index (χ2v) is 8.40. The van der Waals surface area contributed by atoms with Crippen molar-refractivity contribution in [3.8, 4) is 0 Å². The lowest BCUT2D eigenvalue weighted by Gasteiger charge is -2.17. The Morgan fingerprint density at radius 1 is 1.27 bits per heavy atom. The molecule has 0 aliphatic heterocycles. The second-order valence-electron chi connectivity index (χ2n) is 6.14. The van der Waals surface area contributed by atoms with Crippen LogP contribution in [0.5, 0.6) is 0 Å². The van der Waals surface area contributed by atoms with Crippen LogP contribution in [0.3, 0.4) is 0 Å². The van der Waals surface area contributed by atoms with Gasteiger partial charge in [0.2, 0.25) is 0 Å². The van der Waals surface area contributed by atoms with Gasteiger partial charge in [0.15, 0.2) is 5.96 Å². The molecule has 0 aliphatic carbocycles. The summed E-state index contributed by atoms with van der Waals surface area (Å²) in [6, 6.07) is 0. The van der Waals surface area contributed by atoms with E-state index in [1.165, 1.54) is 6.26 Å². The van der Waals surface area contributed by atoms with Gasteiger partial charge in [-0.3, -0.25) is 4.99 Å². The Hall–Kier alpha value is -0.820. The van der Waals surface area contributed by atoms with E-state index in [0.717, 1.165) is 19.4 Å². The van der Waals surface area contributed by atoms with Gasteiger partial charge < -0.3 is 15.7 Å². The fourth-order valence-electron chi connectivity index (χ4n) is 2.24. The molecule has 0 amide bonds. The van der Waals surface area contributed by atoms with Gasteiger partial charge in [0.25, 0.3) is 0 Å². The molecule has 0 aliphatic rings. The lowest BCUT2D eigenvalue weighted by Crippen LogP contribution is -2.38. The summed E-state index contributed by atoms with van der Waals surface area (Å²) < 4.78 is 22.2. The molecule has 0 aromatic heterocycles. The highest BCUT2D eigenvalue weighted by Gasteiger charge is 2.10. The smallest absolute Gasteiger partial charge is 0.191 e. The molecule has 6 nitrogen and oxygen atoms in total. The number of sulfone groups is 1. The summed E-state index contributed by atoms with van der Waals surface area (Å²) in [5.41, 5.74) is 0. The number of guanidine groups is 1. The highest BCUT2D eigenvalue weighted by atomic mass is 32.2. The Labute approximate surface area is 135 Å². The van der Waals surface area contributed by atoms with Gasteiger partial charge in [0.1, 0.15) is 9.84 Å². The molecule has 0 bridgehead atoms. The molecule has 3 N–H and O–H groups in total. The van der Waals surface area contributed by atoms with Crippen molar-refractivity contribution in [3.05, 3.63) is 0 Å². The quantitative estimate of drug-likeness (QED) is 0.298. The van der Waals surface area contributed by atoms with Gasteiger partial charge in [0, 0.05) is 32.5 Å². The third-order valence-corrected chi connectivity index (χ3v) is 4.21. The van der Waals surface area contributed by atoms with E-state index < -0.39 is 9.84 Å².